The third-order valence-electron chi connectivity index (χ3n) is 3.53. The number of thiophene rings is 1. The summed E-state index contributed by atoms with van der Waals surface area (Å²) in [6.45, 7) is 0. The lowest BCUT2D eigenvalue weighted by molar-refractivity contribution is 0.0596. The molecular weight excluding hydrogens is 380 g/mol. The van der Waals surface area contributed by atoms with Crippen LogP contribution in [-0.2, 0) is 4.74 Å². The Morgan fingerprint density at radius 2 is 2.04 bits per heavy atom. The molecule has 9 heteroatoms. The number of methoxy groups -OCH3 is 1. The fraction of sp³-hybridized carbons (Fsp3) is 0.118. The second-order valence-electron chi connectivity index (χ2n) is 5.25. The van der Waals surface area contributed by atoms with Crippen molar-refractivity contribution >= 4 is 55.9 Å². The first-order valence-electron chi connectivity index (χ1n) is 7.35. The summed E-state index contributed by atoms with van der Waals surface area (Å²) >= 11 is 7.10. The van der Waals surface area contributed by atoms with Crippen LogP contribution in [0, 0.1) is 0 Å². The van der Waals surface area contributed by atoms with Crippen LogP contribution in [-0.4, -0.2) is 26.2 Å². The monoisotopic (exact) mass is 392 g/mol. The number of esters is 1. The molecule has 134 valence electrons. The van der Waals surface area contributed by atoms with Crippen LogP contribution in [0.15, 0.2) is 45.6 Å². The van der Waals surface area contributed by atoms with Gasteiger partial charge in [-0.25, -0.2) is 14.4 Å². The van der Waals surface area contributed by atoms with Gasteiger partial charge < -0.3 is 14.5 Å². The Labute approximate surface area is 156 Å². The lowest BCUT2D eigenvalue weighted by atomic mass is 10.3. The third-order valence-corrected chi connectivity index (χ3v) is 4.90. The van der Waals surface area contributed by atoms with Gasteiger partial charge in [0.2, 0.25) is 0 Å². The van der Waals surface area contributed by atoms with Gasteiger partial charge in [0, 0.05) is 23.8 Å². The number of ether oxygens (including phenoxy) is 1. The number of carbonyl (C=O) groups is 2. The smallest absolute Gasteiger partial charge is 0.351 e. The van der Waals surface area contributed by atoms with Gasteiger partial charge in [0.25, 0.3) is 0 Å². The highest BCUT2D eigenvalue weighted by molar-refractivity contribution is 7.22. The SMILES string of the molecule is COC(=O)c1cc2sc(N(C)C(=O)Nc3cccc(Cl)c3)cc2oc1=O. The summed E-state index contributed by atoms with van der Waals surface area (Å²) in [7, 11) is 2.75. The minimum Gasteiger partial charge on any atom is -0.465 e. The molecule has 2 heterocycles. The summed E-state index contributed by atoms with van der Waals surface area (Å²) in [6.07, 6.45) is 0. The molecule has 2 aromatic heterocycles. The van der Waals surface area contributed by atoms with Crippen molar-refractivity contribution in [3.05, 3.63) is 57.4 Å². The molecule has 0 fully saturated rings. The van der Waals surface area contributed by atoms with E-state index < -0.39 is 17.6 Å². The largest absolute Gasteiger partial charge is 0.465 e. The van der Waals surface area contributed by atoms with Crippen LogP contribution in [0.2, 0.25) is 5.02 Å². The van der Waals surface area contributed by atoms with E-state index in [-0.39, 0.29) is 11.1 Å². The van der Waals surface area contributed by atoms with Crippen molar-refractivity contribution in [1.29, 1.82) is 0 Å². The van der Waals surface area contributed by atoms with E-state index in [2.05, 4.69) is 10.1 Å². The highest BCUT2D eigenvalue weighted by Crippen LogP contribution is 2.32. The molecule has 0 atom stereocenters. The van der Waals surface area contributed by atoms with E-state index in [0.29, 0.717) is 20.4 Å². The van der Waals surface area contributed by atoms with Gasteiger partial charge in [-0.3, -0.25) is 4.90 Å². The van der Waals surface area contributed by atoms with Gasteiger partial charge in [0.15, 0.2) is 5.58 Å². The Bertz CT molecular complexity index is 1060. The molecule has 2 amide bonds. The second kappa shape index (κ2) is 7.19. The molecule has 0 aliphatic rings. The fourth-order valence-electron chi connectivity index (χ4n) is 2.19. The molecule has 3 aromatic rings. The summed E-state index contributed by atoms with van der Waals surface area (Å²) in [5.41, 5.74) is -0.154. The van der Waals surface area contributed by atoms with E-state index in [9.17, 15) is 14.4 Å². The van der Waals surface area contributed by atoms with Gasteiger partial charge in [-0.15, -0.1) is 11.3 Å². The number of rotatable bonds is 3. The molecule has 0 radical (unpaired) electrons. The minimum absolute atomic E-state index is 0.195. The Morgan fingerprint density at radius 1 is 1.27 bits per heavy atom. The number of amides is 2. The average molecular weight is 393 g/mol. The molecular formula is C17H13ClN2O5S. The van der Waals surface area contributed by atoms with Gasteiger partial charge in [-0.1, -0.05) is 17.7 Å². The van der Waals surface area contributed by atoms with Crippen molar-refractivity contribution in [2.45, 2.75) is 0 Å². The summed E-state index contributed by atoms with van der Waals surface area (Å²) in [6, 6.07) is 9.32. The molecule has 0 saturated heterocycles. The number of benzene rings is 1. The standard InChI is InChI=1S/C17H13ClN2O5S/c1-20(17(23)19-10-5-3-4-9(18)6-10)14-8-12-13(26-14)7-11(15(21)24-2)16(22)25-12/h3-8H,1-2H3,(H,19,23). The lowest BCUT2D eigenvalue weighted by Gasteiger charge is -2.15. The maximum absolute atomic E-state index is 12.4. The van der Waals surface area contributed by atoms with Gasteiger partial charge >= 0.3 is 17.6 Å². The van der Waals surface area contributed by atoms with Gasteiger partial charge in [-0.2, -0.15) is 0 Å². The first-order chi connectivity index (χ1) is 12.4. The van der Waals surface area contributed by atoms with Crippen LogP contribution in [0.25, 0.3) is 10.3 Å². The van der Waals surface area contributed by atoms with E-state index in [4.69, 9.17) is 16.0 Å². The van der Waals surface area contributed by atoms with E-state index in [0.717, 1.165) is 0 Å². The number of halogens is 1. The van der Waals surface area contributed by atoms with Crippen LogP contribution in [0.5, 0.6) is 0 Å². The van der Waals surface area contributed by atoms with Crippen molar-refractivity contribution in [1.82, 2.24) is 0 Å². The van der Waals surface area contributed by atoms with Crippen LogP contribution < -0.4 is 15.8 Å². The normalized spacial score (nSPS) is 10.6. The third kappa shape index (κ3) is 3.56. The van der Waals surface area contributed by atoms with Crippen molar-refractivity contribution in [3.8, 4) is 0 Å². The number of fused-ring (bicyclic) bond motifs is 1. The quantitative estimate of drug-likeness (QED) is 0.681. The van der Waals surface area contributed by atoms with E-state index in [1.165, 1.54) is 29.4 Å². The zero-order valence-corrected chi connectivity index (χ0v) is 15.3. The first kappa shape index (κ1) is 18.0. The molecule has 26 heavy (non-hydrogen) atoms. The van der Waals surface area contributed by atoms with Gasteiger partial charge in [0.05, 0.1) is 11.8 Å². The van der Waals surface area contributed by atoms with Gasteiger partial charge in [-0.05, 0) is 24.3 Å². The van der Waals surface area contributed by atoms with Crippen molar-refractivity contribution in [2.24, 2.45) is 0 Å². The number of carbonyl (C=O) groups excluding carboxylic acids is 2. The Morgan fingerprint density at radius 3 is 2.73 bits per heavy atom. The van der Waals surface area contributed by atoms with E-state index in [1.54, 1.807) is 37.4 Å². The van der Waals surface area contributed by atoms with Gasteiger partial charge in [0.1, 0.15) is 10.6 Å². The summed E-state index contributed by atoms with van der Waals surface area (Å²) in [5, 5.41) is 3.75. The molecule has 0 saturated carbocycles. The fourth-order valence-corrected chi connectivity index (χ4v) is 3.37. The van der Waals surface area contributed by atoms with Crippen LogP contribution >= 0.6 is 22.9 Å². The topological polar surface area (TPSA) is 88.8 Å². The predicted molar refractivity (Wildman–Crippen MR) is 101 cm³/mol. The number of hydrogen-bond acceptors (Lipinski definition) is 6. The first-order valence-corrected chi connectivity index (χ1v) is 8.55. The second-order valence-corrected chi connectivity index (χ2v) is 6.75. The Hall–Kier alpha value is -2.84. The van der Waals surface area contributed by atoms with Crippen LogP contribution in [0.3, 0.4) is 0 Å². The number of nitrogens with one attached hydrogen (secondary N) is 1. The zero-order valence-electron chi connectivity index (χ0n) is 13.7. The lowest BCUT2D eigenvalue weighted by Crippen LogP contribution is -2.30. The summed E-state index contributed by atoms with van der Waals surface area (Å²) < 4.78 is 10.2. The van der Waals surface area contributed by atoms with E-state index in [1.807, 2.05) is 0 Å². The molecule has 1 N–H and O–H groups in total. The average Bonchev–Trinajstić information content (AvgIpc) is 3.02. The number of hydrogen-bond donors (Lipinski definition) is 1. The van der Waals surface area contributed by atoms with Crippen LogP contribution in [0.1, 0.15) is 10.4 Å². The van der Waals surface area contributed by atoms with Crippen molar-refractivity contribution in [3.63, 3.8) is 0 Å². The maximum atomic E-state index is 12.4. The van der Waals surface area contributed by atoms with Crippen molar-refractivity contribution < 1.29 is 18.7 Å². The number of anilines is 2. The predicted octanol–water partition coefficient (Wildman–Crippen LogP) is 3.96. The zero-order chi connectivity index (χ0) is 18.8. The molecule has 3 rings (SSSR count). The number of nitrogens with zero attached hydrogens (tertiary/aromatic N) is 1. The van der Waals surface area contributed by atoms with E-state index >= 15 is 0 Å². The van der Waals surface area contributed by atoms with Crippen LogP contribution in [0.4, 0.5) is 15.5 Å². The summed E-state index contributed by atoms with van der Waals surface area (Å²) in [4.78, 5) is 37.2. The molecule has 0 bridgehead atoms. The van der Waals surface area contributed by atoms with Crippen molar-refractivity contribution in [2.75, 3.05) is 24.4 Å². The highest BCUT2D eigenvalue weighted by Gasteiger charge is 2.19. The molecule has 0 unspecified atom stereocenters. The summed E-state index contributed by atoms with van der Waals surface area (Å²) in [5.74, 6) is -0.775. The number of urea groups is 1. The molecule has 0 spiro atoms. The maximum Gasteiger partial charge on any atom is 0.351 e. The highest BCUT2D eigenvalue weighted by atomic mass is 35.5. The molecule has 1 aromatic carbocycles. The molecule has 7 nitrogen and oxygen atoms in total. The Kier molecular flexibility index (Phi) is 4.97. The molecule has 0 aliphatic heterocycles. The minimum atomic E-state index is -0.792. The Balaban J connectivity index is 1.88. The molecule has 0 aliphatic carbocycles.